The van der Waals surface area contributed by atoms with Crippen molar-refractivity contribution in [2.75, 3.05) is 13.7 Å². The van der Waals surface area contributed by atoms with Crippen LogP contribution in [0.4, 0.5) is 0 Å². The molecule has 1 aromatic carbocycles. The van der Waals surface area contributed by atoms with Crippen LogP contribution in [0.25, 0.3) is 0 Å². The summed E-state index contributed by atoms with van der Waals surface area (Å²) >= 11 is 0. The van der Waals surface area contributed by atoms with Gasteiger partial charge < -0.3 is 14.9 Å². The maximum absolute atomic E-state index is 11.0. The van der Waals surface area contributed by atoms with Crippen LogP contribution >= 0.6 is 0 Å². The van der Waals surface area contributed by atoms with Crippen molar-refractivity contribution in [3.05, 3.63) is 23.8 Å². The van der Waals surface area contributed by atoms with E-state index in [1.807, 2.05) is 25.7 Å². The van der Waals surface area contributed by atoms with Gasteiger partial charge in [-0.15, -0.1) is 0 Å². The van der Waals surface area contributed by atoms with Gasteiger partial charge in [-0.1, -0.05) is 6.92 Å². The predicted molar refractivity (Wildman–Crippen MR) is 77.2 cm³/mol. The molecule has 0 fully saturated rings. The molecule has 0 aromatic heterocycles. The molecule has 0 spiro atoms. The highest BCUT2D eigenvalue weighted by Gasteiger charge is 2.25. The molecule has 1 rings (SSSR count). The predicted octanol–water partition coefficient (Wildman–Crippen LogP) is 2.65. The Kier molecular flexibility index (Phi) is 5.82. The zero-order chi connectivity index (χ0) is 15.3. The molecule has 0 aliphatic carbocycles. The maximum Gasteiger partial charge on any atom is 0.317 e. The lowest BCUT2D eigenvalue weighted by Gasteiger charge is -2.33. The molecule has 2 N–H and O–H groups in total. The molecule has 5 nitrogen and oxygen atoms in total. The van der Waals surface area contributed by atoms with Crippen LogP contribution in [0.3, 0.4) is 0 Å². The molecule has 0 aliphatic heterocycles. The lowest BCUT2D eigenvalue weighted by Crippen LogP contribution is -2.39. The third kappa shape index (κ3) is 3.87. The van der Waals surface area contributed by atoms with Gasteiger partial charge in [0.15, 0.2) is 0 Å². The third-order valence-corrected chi connectivity index (χ3v) is 3.66. The van der Waals surface area contributed by atoms with Gasteiger partial charge in [0, 0.05) is 17.6 Å². The first-order chi connectivity index (χ1) is 9.40. The maximum atomic E-state index is 11.0. The number of carbonyl (C=O) groups is 1. The van der Waals surface area contributed by atoms with Gasteiger partial charge in [0.1, 0.15) is 11.5 Å². The fourth-order valence-electron chi connectivity index (χ4n) is 2.24. The number of hydrogen-bond donors (Lipinski definition) is 2. The molecule has 0 aliphatic rings. The minimum absolute atomic E-state index is 0.0627. The number of carboxylic acids is 1. The van der Waals surface area contributed by atoms with Crippen molar-refractivity contribution in [3.63, 3.8) is 0 Å². The van der Waals surface area contributed by atoms with Crippen LogP contribution in [0.2, 0.25) is 0 Å². The highest BCUT2D eigenvalue weighted by molar-refractivity contribution is 5.69. The fraction of sp³-hybridized carbons (Fsp3) is 0.533. The number of methoxy groups -OCH3 is 1. The molecule has 2 atom stereocenters. The molecule has 20 heavy (non-hydrogen) atoms. The van der Waals surface area contributed by atoms with Crippen LogP contribution in [0, 0.1) is 0 Å². The number of aromatic hydroxyl groups is 1. The number of phenolic OH excluding ortho intramolecular Hbond substituents is 1. The Morgan fingerprint density at radius 3 is 2.55 bits per heavy atom. The molecule has 0 amide bonds. The van der Waals surface area contributed by atoms with E-state index in [-0.39, 0.29) is 24.4 Å². The smallest absolute Gasteiger partial charge is 0.317 e. The number of rotatable bonds is 7. The van der Waals surface area contributed by atoms with Crippen LogP contribution in [-0.4, -0.2) is 40.8 Å². The van der Waals surface area contributed by atoms with Crippen molar-refractivity contribution in [2.45, 2.75) is 39.3 Å². The normalized spacial score (nSPS) is 14.1. The van der Waals surface area contributed by atoms with Crippen LogP contribution in [0.5, 0.6) is 11.5 Å². The van der Waals surface area contributed by atoms with Gasteiger partial charge in [0.05, 0.1) is 13.7 Å². The second-order valence-electron chi connectivity index (χ2n) is 4.92. The summed E-state index contributed by atoms with van der Waals surface area (Å²) < 4.78 is 5.16. The molecule has 0 bridgehead atoms. The quantitative estimate of drug-likeness (QED) is 0.804. The summed E-state index contributed by atoms with van der Waals surface area (Å²) in [5, 5.41) is 19.1. The number of benzene rings is 1. The number of hydrogen-bond acceptors (Lipinski definition) is 4. The summed E-state index contributed by atoms with van der Waals surface area (Å²) in [5.74, 6) is -0.0828. The molecule has 0 heterocycles. The first-order valence-electron chi connectivity index (χ1n) is 6.75. The second kappa shape index (κ2) is 7.14. The van der Waals surface area contributed by atoms with Gasteiger partial charge in [0.25, 0.3) is 0 Å². The van der Waals surface area contributed by atoms with Crippen molar-refractivity contribution in [1.82, 2.24) is 4.90 Å². The van der Waals surface area contributed by atoms with E-state index in [1.165, 1.54) is 0 Å². The zero-order valence-corrected chi connectivity index (χ0v) is 12.5. The van der Waals surface area contributed by atoms with Gasteiger partial charge in [-0.25, -0.2) is 0 Å². The SMILES string of the molecule is CCC(C)N(CC(=O)O)C(C)c1cc(OC)ccc1O. The first-order valence-corrected chi connectivity index (χ1v) is 6.75. The van der Waals surface area contributed by atoms with Crippen molar-refractivity contribution in [2.24, 2.45) is 0 Å². The van der Waals surface area contributed by atoms with E-state index in [0.29, 0.717) is 11.3 Å². The summed E-state index contributed by atoms with van der Waals surface area (Å²) in [6.07, 6.45) is 0.836. The van der Waals surface area contributed by atoms with Gasteiger partial charge >= 0.3 is 5.97 Å². The number of ether oxygens (including phenoxy) is 1. The topological polar surface area (TPSA) is 70.0 Å². The molecule has 5 heteroatoms. The first kappa shape index (κ1) is 16.3. The minimum Gasteiger partial charge on any atom is -0.508 e. The van der Waals surface area contributed by atoms with Crippen molar-refractivity contribution < 1.29 is 19.7 Å². The molecule has 0 saturated carbocycles. The third-order valence-electron chi connectivity index (χ3n) is 3.66. The van der Waals surface area contributed by atoms with Crippen LogP contribution in [0.15, 0.2) is 18.2 Å². The summed E-state index contributed by atoms with van der Waals surface area (Å²) in [6, 6.07) is 4.89. The van der Waals surface area contributed by atoms with Crippen LogP contribution in [-0.2, 0) is 4.79 Å². The molecule has 0 saturated heterocycles. The zero-order valence-electron chi connectivity index (χ0n) is 12.5. The van der Waals surface area contributed by atoms with Crippen LogP contribution < -0.4 is 4.74 Å². The largest absolute Gasteiger partial charge is 0.508 e. The molecular weight excluding hydrogens is 258 g/mol. The Morgan fingerprint density at radius 1 is 1.40 bits per heavy atom. The highest BCUT2D eigenvalue weighted by atomic mass is 16.5. The average molecular weight is 281 g/mol. The van der Waals surface area contributed by atoms with E-state index in [4.69, 9.17) is 9.84 Å². The number of phenols is 1. The average Bonchev–Trinajstić information content (AvgIpc) is 2.43. The van der Waals surface area contributed by atoms with E-state index in [0.717, 1.165) is 6.42 Å². The fourth-order valence-corrected chi connectivity index (χ4v) is 2.24. The molecule has 2 unspecified atom stereocenters. The lowest BCUT2D eigenvalue weighted by molar-refractivity contribution is -0.139. The van der Waals surface area contributed by atoms with E-state index in [2.05, 4.69) is 0 Å². The Labute approximate surface area is 119 Å². The molecule has 1 aromatic rings. The minimum atomic E-state index is -0.875. The monoisotopic (exact) mass is 281 g/mol. The van der Waals surface area contributed by atoms with Gasteiger partial charge in [-0.05, 0) is 38.5 Å². The number of aliphatic carboxylic acids is 1. The van der Waals surface area contributed by atoms with Crippen LogP contribution in [0.1, 0.15) is 38.8 Å². The lowest BCUT2D eigenvalue weighted by atomic mass is 10.0. The molecule has 0 radical (unpaired) electrons. The van der Waals surface area contributed by atoms with E-state index in [9.17, 15) is 9.90 Å². The van der Waals surface area contributed by atoms with Crippen molar-refractivity contribution in [3.8, 4) is 11.5 Å². The van der Waals surface area contributed by atoms with Gasteiger partial charge in [-0.2, -0.15) is 0 Å². The second-order valence-corrected chi connectivity index (χ2v) is 4.92. The molecule has 112 valence electrons. The summed E-state index contributed by atoms with van der Waals surface area (Å²) in [4.78, 5) is 12.9. The Morgan fingerprint density at radius 2 is 2.05 bits per heavy atom. The van der Waals surface area contributed by atoms with E-state index < -0.39 is 5.97 Å². The van der Waals surface area contributed by atoms with E-state index in [1.54, 1.807) is 25.3 Å². The summed E-state index contributed by atoms with van der Waals surface area (Å²) in [6.45, 7) is 5.82. The van der Waals surface area contributed by atoms with Crippen molar-refractivity contribution >= 4 is 5.97 Å². The van der Waals surface area contributed by atoms with Gasteiger partial charge in [-0.3, -0.25) is 9.69 Å². The Balaban J connectivity index is 3.10. The number of carboxylic acid groups (broad SMARTS) is 1. The van der Waals surface area contributed by atoms with Crippen molar-refractivity contribution in [1.29, 1.82) is 0 Å². The highest BCUT2D eigenvalue weighted by Crippen LogP contribution is 2.33. The molecular formula is C15H23NO4. The van der Waals surface area contributed by atoms with E-state index >= 15 is 0 Å². The summed E-state index contributed by atoms with van der Waals surface area (Å²) in [5.41, 5.74) is 0.672. The standard InChI is InChI=1S/C15H23NO4/c1-5-10(2)16(9-15(18)19)11(3)13-8-12(20-4)6-7-14(13)17/h6-8,10-11,17H,5,9H2,1-4H3,(H,18,19). The number of nitrogens with zero attached hydrogens (tertiary/aromatic N) is 1. The Bertz CT molecular complexity index is 461. The Hall–Kier alpha value is -1.75. The van der Waals surface area contributed by atoms with Gasteiger partial charge in [0.2, 0.25) is 0 Å². The summed E-state index contributed by atoms with van der Waals surface area (Å²) in [7, 11) is 1.56.